The van der Waals surface area contributed by atoms with Crippen LogP contribution in [-0.4, -0.2) is 25.0 Å². The number of hydrogen-bond donors (Lipinski definition) is 0. The van der Waals surface area contributed by atoms with E-state index in [0.717, 1.165) is 12.1 Å². The highest BCUT2D eigenvalue weighted by molar-refractivity contribution is 5.74. The van der Waals surface area contributed by atoms with Crippen LogP contribution in [0.1, 0.15) is 26.3 Å². The lowest BCUT2D eigenvalue weighted by atomic mass is 10.1. The molecule has 0 heterocycles. The molecule has 118 valence electrons. The van der Waals surface area contributed by atoms with Crippen molar-refractivity contribution in [2.45, 2.75) is 39.2 Å². The smallest absolute Gasteiger partial charge is 0.496 e. The molecule has 0 saturated carbocycles. The number of carbonyl (C=O) groups is 1. The van der Waals surface area contributed by atoms with Crippen molar-refractivity contribution in [1.82, 2.24) is 0 Å². The maximum Gasteiger partial charge on any atom is 0.573 e. The van der Waals surface area contributed by atoms with E-state index in [1.165, 1.54) is 13.2 Å². The van der Waals surface area contributed by atoms with Crippen molar-refractivity contribution in [2.75, 3.05) is 7.11 Å². The van der Waals surface area contributed by atoms with Gasteiger partial charge < -0.3 is 14.2 Å². The predicted octanol–water partition coefficient (Wildman–Crippen LogP) is 3.48. The average Bonchev–Trinajstić information content (AvgIpc) is 2.26. The van der Waals surface area contributed by atoms with Crippen LogP contribution < -0.4 is 9.47 Å². The van der Waals surface area contributed by atoms with Gasteiger partial charge in [0.1, 0.15) is 17.1 Å². The number of alkyl halides is 3. The molecule has 1 rings (SSSR count). The molecule has 0 unspecified atom stereocenters. The number of ether oxygens (including phenoxy) is 3. The molecule has 0 spiro atoms. The van der Waals surface area contributed by atoms with Crippen LogP contribution in [0, 0.1) is 0 Å². The Morgan fingerprint density at radius 2 is 1.81 bits per heavy atom. The van der Waals surface area contributed by atoms with Gasteiger partial charge in [-0.05, 0) is 26.8 Å². The molecule has 0 N–H and O–H groups in total. The molecule has 7 heteroatoms. The van der Waals surface area contributed by atoms with Gasteiger partial charge in [0, 0.05) is 11.6 Å². The van der Waals surface area contributed by atoms with Crippen LogP contribution in [0.25, 0.3) is 0 Å². The lowest BCUT2D eigenvalue weighted by Crippen LogP contribution is -2.25. The molecule has 4 nitrogen and oxygen atoms in total. The van der Waals surface area contributed by atoms with Crippen LogP contribution in [0.5, 0.6) is 11.5 Å². The third-order valence-corrected chi connectivity index (χ3v) is 2.25. The van der Waals surface area contributed by atoms with Gasteiger partial charge in [-0.3, -0.25) is 4.79 Å². The van der Waals surface area contributed by atoms with Crippen molar-refractivity contribution in [2.24, 2.45) is 0 Å². The third-order valence-electron chi connectivity index (χ3n) is 2.25. The van der Waals surface area contributed by atoms with E-state index in [9.17, 15) is 18.0 Å². The number of rotatable bonds is 4. The monoisotopic (exact) mass is 306 g/mol. The Morgan fingerprint density at radius 1 is 1.19 bits per heavy atom. The Morgan fingerprint density at radius 3 is 2.29 bits per heavy atom. The summed E-state index contributed by atoms with van der Waals surface area (Å²) >= 11 is 0. The van der Waals surface area contributed by atoms with Gasteiger partial charge in [0.2, 0.25) is 0 Å². The second-order valence-electron chi connectivity index (χ2n) is 5.28. The van der Waals surface area contributed by atoms with E-state index >= 15 is 0 Å². The highest BCUT2D eigenvalue weighted by Gasteiger charge is 2.31. The van der Waals surface area contributed by atoms with Gasteiger partial charge in [0.15, 0.2) is 0 Å². The molecule has 0 aromatic heterocycles. The topological polar surface area (TPSA) is 44.8 Å². The van der Waals surface area contributed by atoms with Crippen molar-refractivity contribution in [3.05, 3.63) is 23.8 Å². The number of benzene rings is 1. The highest BCUT2D eigenvalue weighted by Crippen LogP contribution is 2.29. The first-order valence-electron chi connectivity index (χ1n) is 6.15. The van der Waals surface area contributed by atoms with Crippen molar-refractivity contribution >= 4 is 5.97 Å². The minimum atomic E-state index is -4.78. The quantitative estimate of drug-likeness (QED) is 0.799. The molecule has 0 amide bonds. The van der Waals surface area contributed by atoms with E-state index in [2.05, 4.69) is 4.74 Å². The summed E-state index contributed by atoms with van der Waals surface area (Å²) < 4.78 is 50.3. The van der Waals surface area contributed by atoms with Gasteiger partial charge in [-0.1, -0.05) is 6.07 Å². The second kappa shape index (κ2) is 6.24. The molecule has 0 bridgehead atoms. The second-order valence-corrected chi connectivity index (χ2v) is 5.28. The molecule has 0 radical (unpaired) electrons. The predicted molar refractivity (Wildman–Crippen MR) is 69.2 cm³/mol. The molecular formula is C14H17F3O4. The fourth-order valence-corrected chi connectivity index (χ4v) is 1.60. The molecule has 1 aromatic rings. The largest absolute Gasteiger partial charge is 0.573 e. The summed E-state index contributed by atoms with van der Waals surface area (Å²) in [6.07, 6.45) is -4.88. The highest BCUT2D eigenvalue weighted by atomic mass is 19.4. The maximum atomic E-state index is 12.1. The van der Waals surface area contributed by atoms with Crippen molar-refractivity contribution in [3.8, 4) is 11.5 Å². The molecular weight excluding hydrogens is 289 g/mol. The first-order valence-corrected chi connectivity index (χ1v) is 6.15. The minimum absolute atomic E-state index is 0.104. The fraction of sp³-hybridized carbons (Fsp3) is 0.500. The van der Waals surface area contributed by atoms with Crippen LogP contribution in [-0.2, 0) is 16.0 Å². The Labute approximate surface area is 120 Å². The average molecular weight is 306 g/mol. The normalized spacial score (nSPS) is 12.0. The lowest BCUT2D eigenvalue weighted by Gasteiger charge is -2.20. The Balaban J connectivity index is 2.87. The summed E-state index contributed by atoms with van der Waals surface area (Å²) in [6.45, 7) is 5.17. The van der Waals surface area contributed by atoms with Gasteiger partial charge in [-0.2, -0.15) is 0 Å². The first kappa shape index (κ1) is 17.1. The molecule has 0 aliphatic carbocycles. The Hall–Kier alpha value is -1.92. The number of halogens is 3. The Bertz CT molecular complexity index is 504. The van der Waals surface area contributed by atoms with E-state index < -0.39 is 23.7 Å². The van der Waals surface area contributed by atoms with Gasteiger partial charge in [-0.15, -0.1) is 13.2 Å². The van der Waals surface area contributed by atoms with Crippen LogP contribution in [0.15, 0.2) is 18.2 Å². The Kier molecular flexibility index (Phi) is 5.09. The van der Waals surface area contributed by atoms with Gasteiger partial charge in [0.25, 0.3) is 0 Å². The standard InChI is InChI=1S/C14H17F3O4/c1-13(2,3)21-12(18)7-9-5-6-10(8-11(9)19-4)20-14(15,16)17/h5-6,8H,7H2,1-4H3. The van der Waals surface area contributed by atoms with Crippen LogP contribution >= 0.6 is 0 Å². The number of hydrogen-bond acceptors (Lipinski definition) is 4. The van der Waals surface area contributed by atoms with Crippen LogP contribution in [0.2, 0.25) is 0 Å². The van der Waals surface area contributed by atoms with E-state index in [0.29, 0.717) is 5.56 Å². The SMILES string of the molecule is COc1cc(OC(F)(F)F)ccc1CC(=O)OC(C)(C)C. The molecule has 0 aliphatic heterocycles. The first-order chi connectivity index (χ1) is 9.50. The molecule has 0 fully saturated rings. The third kappa shape index (κ3) is 6.37. The molecule has 0 atom stereocenters. The van der Waals surface area contributed by atoms with Gasteiger partial charge in [0.05, 0.1) is 13.5 Å². The zero-order valence-corrected chi connectivity index (χ0v) is 12.2. The number of esters is 1. The molecule has 0 aliphatic rings. The summed E-state index contributed by atoms with van der Waals surface area (Å²) in [5.41, 5.74) is -0.217. The van der Waals surface area contributed by atoms with E-state index in [4.69, 9.17) is 9.47 Å². The van der Waals surface area contributed by atoms with E-state index in [1.807, 2.05) is 0 Å². The van der Waals surface area contributed by atoms with Crippen molar-refractivity contribution in [1.29, 1.82) is 0 Å². The summed E-state index contributed by atoms with van der Waals surface area (Å²) in [5, 5.41) is 0. The zero-order chi connectivity index (χ0) is 16.3. The summed E-state index contributed by atoms with van der Waals surface area (Å²) in [6, 6.07) is 3.53. The van der Waals surface area contributed by atoms with Gasteiger partial charge >= 0.3 is 12.3 Å². The van der Waals surface area contributed by atoms with Gasteiger partial charge in [-0.25, -0.2) is 0 Å². The minimum Gasteiger partial charge on any atom is -0.496 e. The lowest BCUT2D eigenvalue weighted by molar-refractivity contribution is -0.274. The number of carbonyl (C=O) groups excluding carboxylic acids is 1. The fourth-order valence-electron chi connectivity index (χ4n) is 1.60. The van der Waals surface area contributed by atoms with Crippen molar-refractivity contribution < 1.29 is 32.2 Å². The van der Waals surface area contributed by atoms with E-state index in [-0.39, 0.29) is 12.2 Å². The maximum absolute atomic E-state index is 12.1. The van der Waals surface area contributed by atoms with Crippen LogP contribution in [0.3, 0.4) is 0 Å². The zero-order valence-electron chi connectivity index (χ0n) is 12.2. The number of methoxy groups -OCH3 is 1. The van der Waals surface area contributed by atoms with Crippen LogP contribution in [0.4, 0.5) is 13.2 Å². The summed E-state index contributed by atoms with van der Waals surface area (Å²) in [5.74, 6) is -0.778. The van der Waals surface area contributed by atoms with Crippen molar-refractivity contribution in [3.63, 3.8) is 0 Å². The molecule has 0 saturated heterocycles. The summed E-state index contributed by atoms with van der Waals surface area (Å²) in [7, 11) is 1.30. The molecule has 21 heavy (non-hydrogen) atoms. The van der Waals surface area contributed by atoms with E-state index in [1.54, 1.807) is 20.8 Å². The summed E-state index contributed by atoms with van der Waals surface area (Å²) in [4.78, 5) is 11.7. The molecule has 1 aromatic carbocycles.